The van der Waals surface area contributed by atoms with Gasteiger partial charge in [0, 0.05) is 41.7 Å². The van der Waals surface area contributed by atoms with Gasteiger partial charge in [0.1, 0.15) is 11.6 Å². The second kappa shape index (κ2) is 8.47. The fraction of sp³-hybridized carbons (Fsp3) is 0.238. The van der Waals surface area contributed by atoms with Crippen molar-refractivity contribution in [2.75, 3.05) is 11.9 Å². The van der Waals surface area contributed by atoms with Crippen molar-refractivity contribution in [3.8, 4) is 11.4 Å². The van der Waals surface area contributed by atoms with Gasteiger partial charge in [-0.25, -0.2) is 9.97 Å². The van der Waals surface area contributed by atoms with E-state index in [4.69, 9.17) is 0 Å². The van der Waals surface area contributed by atoms with Crippen molar-refractivity contribution in [3.05, 3.63) is 75.3 Å². The molecule has 3 rings (SSSR count). The van der Waals surface area contributed by atoms with E-state index in [9.17, 15) is 9.59 Å². The molecule has 0 saturated carbocycles. The summed E-state index contributed by atoms with van der Waals surface area (Å²) in [6.07, 6.45) is 1.67. The van der Waals surface area contributed by atoms with Gasteiger partial charge in [-0.3, -0.25) is 9.59 Å². The van der Waals surface area contributed by atoms with Crippen LogP contribution in [0.4, 0.5) is 5.82 Å². The van der Waals surface area contributed by atoms with Crippen molar-refractivity contribution >= 4 is 11.7 Å². The van der Waals surface area contributed by atoms with Crippen molar-refractivity contribution in [2.24, 2.45) is 0 Å². The van der Waals surface area contributed by atoms with Crippen molar-refractivity contribution in [2.45, 2.75) is 27.3 Å². The maximum Gasteiger partial charge on any atom is 0.254 e. The zero-order chi connectivity index (χ0) is 20.1. The number of aromatic amines is 1. The summed E-state index contributed by atoms with van der Waals surface area (Å²) >= 11 is 0. The van der Waals surface area contributed by atoms with Crippen LogP contribution in [0.3, 0.4) is 0 Å². The largest absolute Gasteiger partial charge is 0.366 e. The van der Waals surface area contributed by atoms with Crippen molar-refractivity contribution in [1.82, 2.24) is 20.3 Å². The SMILES string of the molecule is CCNC(=O)c1ccc(CNc2ccc(-c3nc(C)c(C)c(=O)[nH]3)cn2)cc1. The second-order valence-corrected chi connectivity index (χ2v) is 6.47. The lowest BCUT2D eigenvalue weighted by molar-refractivity contribution is 0.0956. The first-order chi connectivity index (χ1) is 13.5. The van der Waals surface area contributed by atoms with Gasteiger partial charge in [0.15, 0.2) is 0 Å². The Morgan fingerprint density at radius 3 is 2.46 bits per heavy atom. The Labute approximate surface area is 163 Å². The minimum Gasteiger partial charge on any atom is -0.366 e. The number of pyridine rings is 1. The summed E-state index contributed by atoms with van der Waals surface area (Å²) in [6.45, 7) is 6.64. The highest BCUT2D eigenvalue weighted by molar-refractivity contribution is 5.94. The van der Waals surface area contributed by atoms with Gasteiger partial charge in [-0.1, -0.05) is 12.1 Å². The number of hydrogen-bond acceptors (Lipinski definition) is 5. The Kier molecular flexibility index (Phi) is 5.84. The predicted molar refractivity (Wildman–Crippen MR) is 109 cm³/mol. The third kappa shape index (κ3) is 4.43. The summed E-state index contributed by atoms with van der Waals surface area (Å²) in [5.41, 5.74) is 3.62. The van der Waals surface area contributed by atoms with E-state index in [1.807, 2.05) is 38.1 Å². The fourth-order valence-electron chi connectivity index (χ4n) is 2.65. The molecule has 0 aliphatic carbocycles. The van der Waals surface area contributed by atoms with Crippen LogP contribution in [0, 0.1) is 13.8 Å². The number of hydrogen-bond donors (Lipinski definition) is 3. The number of amides is 1. The molecule has 0 fully saturated rings. The number of benzene rings is 1. The Bertz CT molecular complexity index is 1020. The Hall–Kier alpha value is -3.48. The molecule has 1 aromatic carbocycles. The van der Waals surface area contributed by atoms with Crippen LogP contribution >= 0.6 is 0 Å². The lowest BCUT2D eigenvalue weighted by Crippen LogP contribution is -2.22. The first-order valence-electron chi connectivity index (χ1n) is 9.13. The van der Waals surface area contributed by atoms with Crippen LogP contribution in [0.25, 0.3) is 11.4 Å². The van der Waals surface area contributed by atoms with Crippen molar-refractivity contribution in [3.63, 3.8) is 0 Å². The van der Waals surface area contributed by atoms with Gasteiger partial charge in [-0.15, -0.1) is 0 Å². The molecule has 2 aromatic heterocycles. The number of H-pyrrole nitrogens is 1. The van der Waals surface area contributed by atoms with E-state index < -0.39 is 0 Å². The van der Waals surface area contributed by atoms with E-state index in [-0.39, 0.29) is 11.5 Å². The van der Waals surface area contributed by atoms with E-state index in [1.165, 1.54) is 0 Å². The molecule has 28 heavy (non-hydrogen) atoms. The molecule has 0 unspecified atom stereocenters. The molecule has 144 valence electrons. The Morgan fingerprint density at radius 2 is 1.86 bits per heavy atom. The van der Waals surface area contributed by atoms with E-state index in [1.54, 1.807) is 25.3 Å². The van der Waals surface area contributed by atoms with E-state index in [0.29, 0.717) is 41.6 Å². The lowest BCUT2D eigenvalue weighted by Gasteiger charge is -2.08. The van der Waals surface area contributed by atoms with Crippen LogP contribution in [0.15, 0.2) is 47.4 Å². The number of carbonyl (C=O) groups is 1. The molecular weight excluding hydrogens is 354 g/mol. The second-order valence-electron chi connectivity index (χ2n) is 6.47. The minimum atomic E-state index is -0.138. The maximum absolute atomic E-state index is 11.9. The molecule has 2 heterocycles. The van der Waals surface area contributed by atoms with Crippen LogP contribution in [0.2, 0.25) is 0 Å². The third-order valence-electron chi connectivity index (χ3n) is 4.46. The van der Waals surface area contributed by atoms with E-state index >= 15 is 0 Å². The normalized spacial score (nSPS) is 10.5. The number of nitrogens with one attached hydrogen (secondary N) is 3. The average molecular weight is 377 g/mol. The van der Waals surface area contributed by atoms with Gasteiger partial charge in [-0.2, -0.15) is 0 Å². The van der Waals surface area contributed by atoms with Crippen molar-refractivity contribution in [1.29, 1.82) is 0 Å². The van der Waals surface area contributed by atoms with Crippen molar-refractivity contribution < 1.29 is 4.79 Å². The van der Waals surface area contributed by atoms with Gasteiger partial charge in [0.2, 0.25) is 0 Å². The first kappa shape index (κ1) is 19.3. The molecule has 0 saturated heterocycles. The molecule has 0 aliphatic rings. The quantitative estimate of drug-likeness (QED) is 0.613. The number of rotatable bonds is 6. The molecule has 3 N–H and O–H groups in total. The number of anilines is 1. The highest BCUT2D eigenvalue weighted by Crippen LogP contribution is 2.16. The summed E-state index contributed by atoms with van der Waals surface area (Å²) in [7, 11) is 0. The monoisotopic (exact) mass is 377 g/mol. The molecule has 7 heteroatoms. The molecule has 0 aliphatic heterocycles. The molecular formula is C21H23N5O2. The summed E-state index contributed by atoms with van der Waals surface area (Å²) in [6, 6.07) is 11.1. The van der Waals surface area contributed by atoms with Crippen LogP contribution in [0.5, 0.6) is 0 Å². The van der Waals surface area contributed by atoms with Gasteiger partial charge >= 0.3 is 0 Å². The van der Waals surface area contributed by atoms with E-state index in [2.05, 4.69) is 25.6 Å². The predicted octanol–water partition coefficient (Wildman–Crippen LogP) is 2.81. The van der Waals surface area contributed by atoms with Crippen LogP contribution in [-0.2, 0) is 6.54 Å². The number of carbonyl (C=O) groups excluding carboxylic acids is 1. The molecule has 0 bridgehead atoms. The highest BCUT2D eigenvalue weighted by atomic mass is 16.1. The number of aryl methyl sites for hydroxylation is 1. The molecule has 1 amide bonds. The molecule has 7 nitrogen and oxygen atoms in total. The molecule has 0 atom stereocenters. The van der Waals surface area contributed by atoms with Crippen LogP contribution in [-0.4, -0.2) is 27.4 Å². The number of nitrogens with zero attached hydrogens (tertiary/aromatic N) is 2. The maximum atomic E-state index is 11.9. The molecule has 0 spiro atoms. The Balaban J connectivity index is 1.65. The summed E-state index contributed by atoms with van der Waals surface area (Å²) < 4.78 is 0. The first-order valence-corrected chi connectivity index (χ1v) is 9.13. The zero-order valence-electron chi connectivity index (χ0n) is 16.2. The lowest BCUT2D eigenvalue weighted by atomic mass is 10.1. The topological polar surface area (TPSA) is 99.8 Å². The Morgan fingerprint density at radius 1 is 1.11 bits per heavy atom. The van der Waals surface area contributed by atoms with Gasteiger partial charge < -0.3 is 15.6 Å². The highest BCUT2D eigenvalue weighted by Gasteiger charge is 2.07. The average Bonchev–Trinajstić information content (AvgIpc) is 2.71. The van der Waals surface area contributed by atoms with Gasteiger partial charge in [-0.05, 0) is 50.6 Å². The summed E-state index contributed by atoms with van der Waals surface area (Å²) in [5.74, 6) is 1.15. The smallest absolute Gasteiger partial charge is 0.254 e. The molecule has 0 radical (unpaired) electrons. The van der Waals surface area contributed by atoms with Crippen LogP contribution < -0.4 is 16.2 Å². The van der Waals surface area contributed by atoms with Crippen LogP contribution in [0.1, 0.15) is 34.1 Å². The minimum absolute atomic E-state index is 0.0720. The molecule has 3 aromatic rings. The standard InChI is InChI=1S/C21H23N5O2/c1-4-22-21(28)16-7-5-15(6-8-16)11-23-18-10-9-17(12-24-18)19-25-14(3)13(2)20(27)26-19/h5-10,12H,4,11H2,1-3H3,(H,22,28)(H,23,24)(H,25,26,27). The summed E-state index contributed by atoms with van der Waals surface area (Å²) in [4.78, 5) is 35.3. The summed E-state index contributed by atoms with van der Waals surface area (Å²) in [5, 5.41) is 6.02. The zero-order valence-corrected chi connectivity index (χ0v) is 16.2. The van der Waals surface area contributed by atoms with Gasteiger partial charge in [0.05, 0.1) is 0 Å². The number of aromatic nitrogens is 3. The van der Waals surface area contributed by atoms with Gasteiger partial charge in [0.25, 0.3) is 11.5 Å². The third-order valence-corrected chi connectivity index (χ3v) is 4.46. The van der Waals surface area contributed by atoms with E-state index in [0.717, 1.165) is 11.1 Å². The fourth-order valence-corrected chi connectivity index (χ4v) is 2.65.